The normalized spacial score (nSPS) is 38.1. The Morgan fingerprint density at radius 1 is 1.00 bits per heavy atom. The summed E-state index contributed by atoms with van der Waals surface area (Å²) in [5, 5.41) is 0. The minimum absolute atomic E-state index is 0.505. The van der Waals surface area contributed by atoms with Gasteiger partial charge in [-0.2, -0.15) is 0 Å². The van der Waals surface area contributed by atoms with E-state index < -0.39 is 0 Å². The first kappa shape index (κ1) is 9.97. The first-order valence-corrected chi connectivity index (χ1v) is 7.84. The number of fused-ring (bicyclic) bond motifs is 2. The zero-order chi connectivity index (χ0) is 9.10. The lowest BCUT2D eigenvalue weighted by Crippen LogP contribution is -2.12. The fourth-order valence-corrected chi connectivity index (χ4v) is 7.04. The Morgan fingerprint density at radius 2 is 1.69 bits per heavy atom. The van der Waals surface area contributed by atoms with E-state index in [4.69, 9.17) is 0 Å². The molecule has 2 aliphatic rings. The van der Waals surface area contributed by atoms with E-state index >= 15 is 0 Å². The van der Waals surface area contributed by atoms with Gasteiger partial charge in [0.05, 0.1) is 0 Å². The summed E-state index contributed by atoms with van der Waals surface area (Å²) in [5.74, 6) is 0. The second kappa shape index (κ2) is 4.78. The molecule has 2 saturated heterocycles. The van der Waals surface area contributed by atoms with Gasteiger partial charge in [-0.15, -0.1) is 7.92 Å². The van der Waals surface area contributed by atoms with Crippen LogP contribution >= 0.6 is 7.92 Å². The van der Waals surface area contributed by atoms with Crippen LogP contribution in [0.4, 0.5) is 0 Å². The Labute approximate surface area is 84.2 Å². The van der Waals surface area contributed by atoms with Crippen LogP contribution in [0.25, 0.3) is 0 Å². The molecule has 2 rings (SSSR count). The first-order valence-electron chi connectivity index (χ1n) is 6.17. The molecule has 0 amide bonds. The smallest absolute Gasteiger partial charge is 0.0206 e. The van der Waals surface area contributed by atoms with Crippen molar-refractivity contribution in [2.45, 2.75) is 69.6 Å². The van der Waals surface area contributed by atoms with Crippen molar-refractivity contribution in [2.75, 3.05) is 6.16 Å². The Bertz CT molecular complexity index is 139. The topological polar surface area (TPSA) is 0 Å². The van der Waals surface area contributed by atoms with Crippen LogP contribution in [0.2, 0.25) is 0 Å². The molecule has 76 valence electrons. The molecule has 2 fully saturated rings. The molecule has 2 bridgehead atoms. The van der Waals surface area contributed by atoms with Gasteiger partial charge in [0.2, 0.25) is 0 Å². The molecule has 0 N–H and O–H groups in total. The Morgan fingerprint density at radius 3 is 2.31 bits per heavy atom. The van der Waals surface area contributed by atoms with Crippen LogP contribution in [0.5, 0.6) is 0 Å². The van der Waals surface area contributed by atoms with Crippen LogP contribution < -0.4 is 0 Å². The third kappa shape index (κ3) is 2.27. The highest BCUT2D eigenvalue weighted by Crippen LogP contribution is 2.61. The number of hydrogen-bond acceptors (Lipinski definition) is 0. The molecule has 13 heavy (non-hydrogen) atoms. The fourth-order valence-electron chi connectivity index (χ4n) is 3.13. The van der Waals surface area contributed by atoms with Gasteiger partial charge in [-0.25, -0.2) is 0 Å². The van der Waals surface area contributed by atoms with Crippen molar-refractivity contribution in [1.29, 1.82) is 0 Å². The van der Waals surface area contributed by atoms with Crippen molar-refractivity contribution in [3.8, 4) is 0 Å². The third-order valence-electron chi connectivity index (χ3n) is 3.87. The molecule has 1 heteroatoms. The molecule has 0 saturated carbocycles. The summed E-state index contributed by atoms with van der Waals surface area (Å²) in [6.07, 6.45) is 14.0. The van der Waals surface area contributed by atoms with Gasteiger partial charge in [0, 0.05) is 0 Å². The van der Waals surface area contributed by atoms with Gasteiger partial charge in [0.15, 0.2) is 0 Å². The molecule has 0 nitrogen and oxygen atoms in total. The molecule has 2 atom stereocenters. The summed E-state index contributed by atoms with van der Waals surface area (Å²) in [5.41, 5.74) is 2.43. The Hall–Kier alpha value is 0.430. The lowest BCUT2D eigenvalue weighted by Gasteiger charge is -2.30. The van der Waals surface area contributed by atoms with E-state index in [0.29, 0.717) is 7.92 Å². The highest BCUT2D eigenvalue weighted by atomic mass is 31.1. The van der Waals surface area contributed by atoms with Crippen LogP contribution in [0, 0.1) is 0 Å². The van der Waals surface area contributed by atoms with Crippen molar-refractivity contribution in [1.82, 2.24) is 0 Å². The van der Waals surface area contributed by atoms with Crippen LogP contribution in [0.3, 0.4) is 0 Å². The van der Waals surface area contributed by atoms with Crippen LogP contribution in [0.15, 0.2) is 0 Å². The van der Waals surface area contributed by atoms with Crippen molar-refractivity contribution in [3.05, 3.63) is 0 Å². The SMILES string of the molecule is CCCCCP1C2CCCC1CC2. The van der Waals surface area contributed by atoms with Gasteiger partial charge in [-0.3, -0.25) is 0 Å². The van der Waals surface area contributed by atoms with E-state index in [1.807, 2.05) is 0 Å². The minimum Gasteiger partial charge on any atom is -0.100 e. The molecular formula is C12H23P. The van der Waals surface area contributed by atoms with Crippen LogP contribution in [-0.2, 0) is 0 Å². The zero-order valence-corrected chi connectivity index (χ0v) is 9.86. The molecule has 0 aromatic rings. The predicted octanol–water partition coefficient (Wildman–Crippen LogP) is 4.37. The highest BCUT2D eigenvalue weighted by molar-refractivity contribution is 7.59. The molecule has 2 heterocycles. The van der Waals surface area contributed by atoms with E-state index in [1.165, 1.54) is 30.6 Å². The molecule has 0 spiro atoms. The number of rotatable bonds is 4. The largest absolute Gasteiger partial charge is 0.100 e. The quantitative estimate of drug-likeness (QED) is 0.464. The first-order chi connectivity index (χ1) is 6.42. The minimum atomic E-state index is 0.505. The number of unbranched alkanes of at least 4 members (excludes halogenated alkanes) is 2. The molecule has 0 aromatic carbocycles. The molecule has 2 unspecified atom stereocenters. The summed E-state index contributed by atoms with van der Waals surface area (Å²) in [6, 6.07) is 0. The summed E-state index contributed by atoms with van der Waals surface area (Å²) in [4.78, 5) is 0. The van der Waals surface area contributed by atoms with Gasteiger partial charge >= 0.3 is 0 Å². The number of hydrogen-bond donors (Lipinski definition) is 0. The van der Waals surface area contributed by atoms with Gasteiger partial charge in [0.25, 0.3) is 0 Å². The monoisotopic (exact) mass is 198 g/mol. The van der Waals surface area contributed by atoms with E-state index in [9.17, 15) is 0 Å². The van der Waals surface area contributed by atoms with Crippen LogP contribution in [0.1, 0.15) is 58.3 Å². The fraction of sp³-hybridized carbons (Fsp3) is 1.00. The van der Waals surface area contributed by atoms with E-state index in [2.05, 4.69) is 6.92 Å². The van der Waals surface area contributed by atoms with Crippen LogP contribution in [-0.4, -0.2) is 17.5 Å². The van der Waals surface area contributed by atoms with E-state index in [-0.39, 0.29) is 0 Å². The van der Waals surface area contributed by atoms with Crippen molar-refractivity contribution < 1.29 is 0 Å². The maximum Gasteiger partial charge on any atom is -0.0206 e. The zero-order valence-electron chi connectivity index (χ0n) is 8.97. The lowest BCUT2D eigenvalue weighted by molar-refractivity contribution is 0.665. The molecule has 0 radical (unpaired) electrons. The maximum atomic E-state index is 2.32. The molecule has 0 aliphatic carbocycles. The summed E-state index contributed by atoms with van der Waals surface area (Å²) in [6.45, 7) is 2.32. The molecular weight excluding hydrogens is 175 g/mol. The second-order valence-electron chi connectivity index (χ2n) is 4.76. The van der Waals surface area contributed by atoms with Gasteiger partial charge < -0.3 is 0 Å². The standard InChI is InChI=1S/C12H23P/c1-2-3-4-10-13-11-6-5-7-12(13)9-8-11/h11-12H,2-10H2,1H3. The van der Waals surface area contributed by atoms with Gasteiger partial charge in [-0.1, -0.05) is 26.2 Å². The second-order valence-corrected chi connectivity index (χ2v) is 7.70. The molecule has 2 aliphatic heterocycles. The van der Waals surface area contributed by atoms with Crippen molar-refractivity contribution in [2.24, 2.45) is 0 Å². The Balaban J connectivity index is 1.78. The molecule has 0 aromatic heterocycles. The average Bonchev–Trinajstić information content (AvgIpc) is 2.38. The van der Waals surface area contributed by atoms with Gasteiger partial charge in [-0.05, 0) is 49.6 Å². The summed E-state index contributed by atoms with van der Waals surface area (Å²) < 4.78 is 0. The lowest BCUT2D eigenvalue weighted by atomic mass is 10.2. The summed E-state index contributed by atoms with van der Waals surface area (Å²) >= 11 is 0. The predicted molar refractivity (Wildman–Crippen MR) is 62.0 cm³/mol. The highest BCUT2D eigenvalue weighted by Gasteiger charge is 2.37. The van der Waals surface area contributed by atoms with Crippen molar-refractivity contribution in [3.63, 3.8) is 0 Å². The maximum absolute atomic E-state index is 2.32. The van der Waals surface area contributed by atoms with E-state index in [1.54, 1.807) is 38.3 Å². The third-order valence-corrected chi connectivity index (χ3v) is 7.61. The Kier molecular flexibility index (Phi) is 3.66. The average molecular weight is 198 g/mol. The van der Waals surface area contributed by atoms with Gasteiger partial charge in [0.1, 0.15) is 0 Å². The summed E-state index contributed by atoms with van der Waals surface area (Å²) in [7, 11) is 0.505. The van der Waals surface area contributed by atoms with Crippen molar-refractivity contribution >= 4 is 7.92 Å². The van der Waals surface area contributed by atoms with E-state index in [0.717, 1.165) is 0 Å².